The minimum atomic E-state index is 0.0603. The summed E-state index contributed by atoms with van der Waals surface area (Å²) in [6.45, 7) is 4.67. The summed E-state index contributed by atoms with van der Waals surface area (Å²) in [6.07, 6.45) is 8.82. The van der Waals surface area contributed by atoms with Gasteiger partial charge in [0, 0.05) is 23.2 Å². The number of benzene rings is 3. The van der Waals surface area contributed by atoms with E-state index in [-0.39, 0.29) is 5.41 Å². The van der Waals surface area contributed by atoms with E-state index in [2.05, 4.69) is 116 Å². The van der Waals surface area contributed by atoms with Gasteiger partial charge in [0.25, 0.3) is 0 Å². The lowest BCUT2D eigenvalue weighted by Gasteiger charge is -2.22. The molecule has 0 saturated carbocycles. The standard InChI is InChI=1S/C29H27N/c1-29(2)27-11-7-6-10-25(27)26-18-16-24(17-19-28(26)29)30-23-14-12-22(13-15-23)20-21-8-4-3-5-9-21/h3-16,18-19,30H,17,20H2,1-2H3. The van der Waals surface area contributed by atoms with Gasteiger partial charge in [0.1, 0.15) is 0 Å². The Morgan fingerprint density at radius 1 is 0.767 bits per heavy atom. The molecule has 0 spiro atoms. The second kappa shape index (κ2) is 7.50. The van der Waals surface area contributed by atoms with E-state index in [1.807, 2.05) is 0 Å². The van der Waals surface area contributed by atoms with Crippen molar-refractivity contribution in [2.75, 3.05) is 5.32 Å². The molecule has 2 aliphatic carbocycles. The molecule has 0 bridgehead atoms. The molecule has 0 aliphatic heterocycles. The summed E-state index contributed by atoms with van der Waals surface area (Å²) < 4.78 is 0. The fourth-order valence-corrected chi connectivity index (χ4v) is 4.71. The van der Waals surface area contributed by atoms with Gasteiger partial charge in [0.15, 0.2) is 0 Å². The average Bonchev–Trinajstić information content (AvgIpc) is 2.89. The summed E-state index contributed by atoms with van der Waals surface area (Å²) in [5, 5.41) is 3.62. The molecule has 3 aromatic rings. The van der Waals surface area contributed by atoms with Gasteiger partial charge >= 0.3 is 0 Å². The maximum atomic E-state index is 3.62. The average molecular weight is 390 g/mol. The lowest BCUT2D eigenvalue weighted by molar-refractivity contribution is 0.658. The van der Waals surface area contributed by atoms with Crippen molar-refractivity contribution in [3.8, 4) is 0 Å². The van der Waals surface area contributed by atoms with Crippen molar-refractivity contribution >= 4 is 11.3 Å². The monoisotopic (exact) mass is 389 g/mol. The molecular weight excluding hydrogens is 362 g/mol. The summed E-state index contributed by atoms with van der Waals surface area (Å²) in [7, 11) is 0. The Morgan fingerprint density at radius 3 is 2.27 bits per heavy atom. The van der Waals surface area contributed by atoms with Crippen LogP contribution in [0.1, 0.15) is 42.5 Å². The van der Waals surface area contributed by atoms with Crippen LogP contribution >= 0.6 is 0 Å². The second-order valence-electron chi connectivity index (χ2n) is 8.75. The summed E-state index contributed by atoms with van der Waals surface area (Å²) in [4.78, 5) is 0. The van der Waals surface area contributed by atoms with E-state index in [9.17, 15) is 0 Å². The van der Waals surface area contributed by atoms with Gasteiger partial charge in [0.2, 0.25) is 0 Å². The maximum Gasteiger partial charge on any atom is 0.0382 e. The Bertz CT molecular complexity index is 1160. The van der Waals surface area contributed by atoms with Crippen LogP contribution in [0, 0.1) is 0 Å². The molecule has 1 N–H and O–H groups in total. The highest BCUT2D eigenvalue weighted by atomic mass is 14.9. The van der Waals surface area contributed by atoms with E-state index in [4.69, 9.17) is 0 Å². The normalized spacial score (nSPS) is 16.5. The molecule has 0 atom stereocenters. The quantitative estimate of drug-likeness (QED) is 0.494. The van der Waals surface area contributed by atoms with Gasteiger partial charge in [-0.3, -0.25) is 0 Å². The molecule has 0 fully saturated rings. The first-order valence-corrected chi connectivity index (χ1v) is 10.7. The van der Waals surface area contributed by atoms with Crippen molar-refractivity contribution < 1.29 is 0 Å². The van der Waals surface area contributed by atoms with Crippen LogP contribution in [0.2, 0.25) is 0 Å². The first kappa shape index (κ1) is 18.7. The molecular formula is C29H27N. The molecule has 0 aromatic heterocycles. The smallest absolute Gasteiger partial charge is 0.0382 e. The van der Waals surface area contributed by atoms with E-state index in [0.29, 0.717) is 0 Å². The fraction of sp³-hybridized carbons (Fsp3) is 0.172. The lowest BCUT2D eigenvalue weighted by Crippen LogP contribution is -2.15. The van der Waals surface area contributed by atoms with Crippen LogP contribution in [-0.4, -0.2) is 0 Å². The molecule has 5 rings (SSSR count). The molecule has 0 amide bonds. The zero-order valence-corrected chi connectivity index (χ0v) is 17.7. The van der Waals surface area contributed by atoms with Crippen LogP contribution in [0.15, 0.2) is 108 Å². The van der Waals surface area contributed by atoms with Crippen LogP contribution in [0.25, 0.3) is 5.57 Å². The van der Waals surface area contributed by atoms with Crippen molar-refractivity contribution in [3.05, 3.63) is 131 Å². The first-order chi connectivity index (χ1) is 14.6. The van der Waals surface area contributed by atoms with Crippen molar-refractivity contribution in [1.29, 1.82) is 0 Å². The van der Waals surface area contributed by atoms with Crippen LogP contribution < -0.4 is 5.32 Å². The molecule has 0 radical (unpaired) electrons. The van der Waals surface area contributed by atoms with Crippen LogP contribution in [0.3, 0.4) is 0 Å². The molecule has 148 valence electrons. The van der Waals surface area contributed by atoms with Gasteiger partial charge in [-0.25, -0.2) is 0 Å². The molecule has 3 aromatic carbocycles. The van der Waals surface area contributed by atoms with Gasteiger partial charge in [-0.15, -0.1) is 0 Å². The highest BCUT2D eigenvalue weighted by Crippen LogP contribution is 2.50. The Hall–Kier alpha value is -3.32. The number of fused-ring (bicyclic) bond motifs is 3. The van der Waals surface area contributed by atoms with E-state index in [1.165, 1.54) is 39.1 Å². The topological polar surface area (TPSA) is 12.0 Å². The highest BCUT2D eigenvalue weighted by molar-refractivity contribution is 5.90. The summed E-state index contributed by atoms with van der Waals surface area (Å²) >= 11 is 0. The van der Waals surface area contributed by atoms with Gasteiger partial charge in [-0.1, -0.05) is 92.7 Å². The first-order valence-electron chi connectivity index (χ1n) is 10.7. The highest BCUT2D eigenvalue weighted by Gasteiger charge is 2.37. The zero-order valence-electron chi connectivity index (χ0n) is 17.7. The van der Waals surface area contributed by atoms with Crippen molar-refractivity contribution in [3.63, 3.8) is 0 Å². The number of hydrogen-bond donors (Lipinski definition) is 1. The van der Waals surface area contributed by atoms with Crippen LogP contribution in [-0.2, 0) is 11.8 Å². The van der Waals surface area contributed by atoms with Crippen LogP contribution in [0.4, 0.5) is 5.69 Å². The predicted molar refractivity (Wildman–Crippen MR) is 128 cm³/mol. The molecule has 30 heavy (non-hydrogen) atoms. The third-order valence-corrected chi connectivity index (χ3v) is 6.34. The molecule has 1 heteroatoms. The number of hydrogen-bond acceptors (Lipinski definition) is 1. The van der Waals surface area contributed by atoms with E-state index in [0.717, 1.165) is 18.5 Å². The number of anilines is 1. The SMILES string of the molecule is CC1(C)C2=CCC(Nc3ccc(Cc4ccccc4)cc3)=CC=C2c2ccccc21. The van der Waals surface area contributed by atoms with Crippen molar-refractivity contribution in [2.45, 2.75) is 32.1 Å². The van der Waals surface area contributed by atoms with Crippen LogP contribution in [0.5, 0.6) is 0 Å². The molecule has 0 heterocycles. The molecule has 2 aliphatic rings. The Labute approximate surface area is 179 Å². The van der Waals surface area contributed by atoms with Crippen molar-refractivity contribution in [1.82, 2.24) is 0 Å². The zero-order chi connectivity index (χ0) is 20.6. The predicted octanol–water partition coefficient (Wildman–Crippen LogP) is 7.28. The summed E-state index contributed by atoms with van der Waals surface area (Å²) in [5.74, 6) is 0. The van der Waals surface area contributed by atoms with Crippen molar-refractivity contribution in [2.24, 2.45) is 0 Å². The Kier molecular flexibility index (Phi) is 4.67. The van der Waals surface area contributed by atoms with E-state index in [1.54, 1.807) is 0 Å². The van der Waals surface area contributed by atoms with Gasteiger partial charge in [0.05, 0.1) is 0 Å². The minimum Gasteiger partial charge on any atom is -0.359 e. The molecule has 0 saturated heterocycles. The van der Waals surface area contributed by atoms with Gasteiger partial charge < -0.3 is 5.32 Å². The van der Waals surface area contributed by atoms with E-state index < -0.39 is 0 Å². The third-order valence-electron chi connectivity index (χ3n) is 6.34. The number of nitrogens with one attached hydrogen (secondary N) is 1. The Balaban J connectivity index is 1.35. The maximum absolute atomic E-state index is 3.62. The molecule has 0 unspecified atom stereocenters. The molecule has 1 nitrogen and oxygen atoms in total. The second-order valence-corrected chi connectivity index (χ2v) is 8.75. The minimum absolute atomic E-state index is 0.0603. The largest absolute Gasteiger partial charge is 0.359 e. The Morgan fingerprint density at radius 2 is 1.47 bits per heavy atom. The van der Waals surface area contributed by atoms with Gasteiger partial charge in [-0.05, 0) is 58.0 Å². The fourth-order valence-electron chi connectivity index (χ4n) is 4.71. The lowest BCUT2D eigenvalue weighted by atomic mass is 9.82. The number of rotatable bonds is 4. The van der Waals surface area contributed by atoms with E-state index >= 15 is 0 Å². The van der Waals surface area contributed by atoms with Gasteiger partial charge in [-0.2, -0.15) is 0 Å². The summed E-state index contributed by atoms with van der Waals surface area (Å²) in [6, 6.07) is 28.2. The summed E-state index contributed by atoms with van der Waals surface area (Å²) in [5.41, 5.74) is 10.7. The number of allylic oxidation sites excluding steroid dienone is 5. The third kappa shape index (κ3) is 3.41.